The molecule has 0 spiro atoms. The molecule has 1 aliphatic carbocycles. The van der Waals surface area contributed by atoms with Gasteiger partial charge in [0.2, 0.25) is 0 Å². The molecular weight excluding hydrogens is 228 g/mol. The van der Waals surface area contributed by atoms with E-state index in [0.29, 0.717) is 18.8 Å². The van der Waals surface area contributed by atoms with Gasteiger partial charge in [0.25, 0.3) is 0 Å². The van der Waals surface area contributed by atoms with Gasteiger partial charge in [-0.3, -0.25) is 0 Å². The normalized spacial score (nSPS) is 29.4. The van der Waals surface area contributed by atoms with E-state index < -0.39 is 0 Å². The number of hydrogen-bond donors (Lipinski definition) is 0. The van der Waals surface area contributed by atoms with Gasteiger partial charge in [0.05, 0.1) is 18.8 Å². The van der Waals surface area contributed by atoms with Gasteiger partial charge in [0, 0.05) is 6.08 Å². The lowest BCUT2D eigenvalue weighted by Gasteiger charge is -2.18. The maximum atomic E-state index is 10.8. The van der Waals surface area contributed by atoms with E-state index in [1.54, 1.807) is 0 Å². The fourth-order valence-corrected chi connectivity index (χ4v) is 2.87. The van der Waals surface area contributed by atoms with Crippen LogP contribution in [0.2, 0.25) is 0 Å². The molecular formula is C15H24O3. The number of fused-ring (bicyclic) bond motifs is 1. The van der Waals surface area contributed by atoms with Crippen molar-refractivity contribution in [2.75, 3.05) is 6.61 Å². The predicted octanol–water partition coefficient (Wildman–Crippen LogP) is 3.23. The standard InChI is InChI=1S/C15H24O3/c1-2-15(16)17-10-6-4-3-5-7-12-8-9-13-14(11-12)18-13/h2,12-14H,1,3-11H2. The Bertz CT molecular complexity index is 287. The fourth-order valence-electron chi connectivity index (χ4n) is 2.87. The number of rotatable bonds is 8. The quantitative estimate of drug-likeness (QED) is 0.288. The first kappa shape index (κ1) is 13.6. The Morgan fingerprint density at radius 1 is 1.22 bits per heavy atom. The highest BCUT2D eigenvalue weighted by Crippen LogP contribution is 2.41. The Balaban J connectivity index is 1.39. The van der Waals surface area contributed by atoms with E-state index in [1.165, 1.54) is 44.6 Å². The molecule has 2 rings (SSSR count). The molecule has 0 aromatic heterocycles. The molecule has 1 saturated heterocycles. The summed E-state index contributed by atoms with van der Waals surface area (Å²) in [5, 5.41) is 0. The zero-order valence-electron chi connectivity index (χ0n) is 11.1. The minimum absolute atomic E-state index is 0.309. The van der Waals surface area contributed by atoms with Gasteiger partial charge < -0.3 is 9.47 Å². The third-order valence-corrected chi connectivity index (χ3v) is 4.03. The van der Waals surface area contributed by atoms with Crippen LogP contribution in [0.3, 0.4) is 0 Å². The average Bonchev–Trinajstić information content (AvgIpc) is 3.15. The lowest BCUT2D eigenvalue weighted by Crippen LogP contribution is -2.13. The van der Waals surface area contributed by atoms with Crippen molar-refractivity contribution in [2.45, 2.75) is 63.6 Å². The van der Waals surface area contributed by atoms with E-state index in [9.17, 15) is 4.79 Å². The minimum atomic E-state index is -0.309. The van der Waals surface area contributed by atoms with Gasteiger partial charge in [-0.1, -0.05) is 32.3 Å². The Morgan fingerprint density at radius 3 is 2.83 bits per heavy atom. The molecule has 0 amide bonds. The molecule has 0 aromatic carbocycles. The van der Waals surface area contributed by atoms with Crippen molar-refractivity contribution in [3.8, 4) is 0 Å². The maximum absolute atomic E-state index is 10.8. The van der Waals surface area contributed by atoms with E-state index in [4.69, 9.17) is 9.47 Å². The molecule has 18 heavy (non-hydrogen) atoms. The molecule has 2 fully saturated rings. The molecule has 0 radical (unpaired) electrons. The number of carbonyl (C=O) groups excluding carboxylic acids is 1. The van der Waals surface area contributed by atoms with Gasteiger partial charge in [-0.05, 0) is 31.6 Å². The number of unbranched alkanes of at least 4 members (excludes halogenated alkanes) is 3. The van der Waals surface area contributed by atoms with E-state index in [1.807, 2.05) is 0 Å². The second-order valence-electron chi connectivity index (χ2n) is 5.47. The van der Waals surface area contributed by atoms with Crippen LogP contribution in [0.4, 0.5) is 0 Å². The van der Waals surface area contributed by atoms with Gasteiger partial charge in [-0.25, -0.2) is 4.79 Å². The number of carbonyl (C=O) groups is 1. The van der Waals surface area contributed by atoms with Crippen LogP contribution in [0.1, 0.15) is 51.4 Å². The van der Waals surface area contributed by atoms with Crippen LogP contribution in [-0.2, 0) is 14.3 Å². The molecule has 1 saturated carbocycles. The summed E-state index contributed by atoms with van der Waals surface area (Å²) in [6.07, 6.45) is 12.4. The third kappa shape index (κ3) is 4.45. The summed E-state index contributed by atoms with van der Waals surface area (Å²) in [5.41, 5.74) is 0. The number of esters is 1. The smallest absolute Gasteiger partial charge is 0.330 e. The van der Waals surface area contributed by atoms with Crippen LogP contribution in [0.25, 0.3) is 0 Å². The minimum Gasteiger partial charge on any atom is -0.463 e. The SMILES string of the molecule is C=CC(=O)OCCCCCCC1CCC2OC2C1. The van der Waals surface area contributed by atoms with E-state index in [2.05, 4.69) is 6.58 Å². The number of hydrogen-bond acceptors (Lipinski definition) is 3. The Labute approximate surface area is 110 Å². The summed E-state index contributed by atoms with van der Waals surface area (Å²) in [6, 6.07) is 0. The predicted molar refractivity (Wildman–Crippen MR) is 70.2 cm³/mol. The van der Waals surface area contributed by atoms with Crippen LogP contribution in [0.5, 0.6) is 0 Å². The Morgan fingerprint density at radius 2 is 2.06 bits per heavy atom. The second-order valence-corrected chi connectivity index (χ2v) is 5.47. The van der Waals surface area contributed by atoms with Crippen molar-refractivity contribution < 1.29 is 14.3 Å². The van der Waals surface area contributed by atoms with Gasteiger partial charge in [0.15, 0.2) is 0 Å². The fraction of sp³-hybridized carbons (Fsp3) is 0.800. The molecule has 102 valence electrons. The number of epoxide rings is 1. The second kappa shape index (κ2) is 6.93. The maximum Gasteiger partial charge on any atom is 0.330 e. The van der Waals surface area contributed by atoms with Crippen LogP contribution >= 0.6 is 0 Å². The summed E-state index contributed by atoms with van der Waals surface area (Å²) in [7, 11) is 0. The van der Waals surface area contributed by atoms with Gasteiger partial charge in [-0.15, -0.1) is 0 Å². The number of ether oxygens (including phenoxy) is 2. The third-order valence-electron chi connectivity index (χ3n) is 4.03. The van der Waals surface area contributed by atoms with Crippen molar-refractivity contribution in [3.63, 3.8) is 0 Å². The molecule has 2 aliphatic rings. The van der Waals surface area contributed by atoms with Crippen LogP contribution in [0, 0.1) is 5.92 Å². The Kier molecular flexibility index (Phi) is 5.24. The lowest BCUT2D eigenvalue weighted by molar-refractivity contribution is -0.137. The first-order valence-corrected chi connectivity index (χ1v) is 7.24. The first-order chi connectivity index (χ1) is 8.79. The molecule has 1 heterocycles. The molecule has 3 atom stereocenters. The summed E-state index contributed by atoms with van der Waals surface area (Å²) >= 11 is 0. The van der Waals surface area contributed by atoms with Crippen LogP contribution in [-0.4, -0.2) is 24.8 Å². The lowest BCUT2D eigenvalue weighted by atomic mass is 9.85. The molecule has 0 bridgehead atoms. The Hall–Kier alpha value is -0.830. The van der Waals surface area contributed by atoms with Gasteiger partial charge >= 0.3 is 5.97 Å². The molecule has 1 aliphatic heterocycles. The highest BCUT2D eigenvalue weighted by Gasteiger charge is 2.43. The average molecular weight is 252 g/mol. The van der Waals surface area contributed by atoms with Crippen molar-refractivity contribution in [2.24, 2.45) is 5.92 Å². The van der Waals surface area contributed by atoms with Gasteiger partial charge in [0.1, 0.15) is 0 Å². The topological polar surface area (TPSA) is 38.8 Å². The van der Waals surface area contributed by atoms with Gasteiger partial charge in [-0.2, -0.15) is 0 Å². The zero-order valence-corrected chi connectivity index (χ0v) is 11.1. The monoisotopic (exact) mass is 252 g/mol. The highest BCUT2D eigenvalue weighted by molar-refractivity contribution is 5.81. The summed E-state index contributed by atoms with van der Waals surface area (Å²) in [6.45, 7) is 3.90. The van der Waals surface area contributed by atoms with E-state index in [-0.39, 0.29) is 5.97 Å². The first-order valence-electron chi connectivity index (χ1n) is 7.24. The van der Waals surface area contributed by atoms with Crippen molar-refractivity contribution in [1.29, 1.82) is 0 Å². The molecule has 0 N–H and O–H groups in total. The summed E-state index contributed by atoms with van der Waals surface area (Å²) < 4.78 is 10.5. The van der Waals surface area contributed by atoms with Crippen LogP contribution < -0.4 is 0 Å². The summed E-state index contributed by atoms with van der Waals surface area (Å²) in [5.74, 6) is 0.587. The van der Waals surface area contributed by atoms with E-state index >= 15 is 0 Å². The molecule has 3 nitrogen and oxygen atoms in total. The van der Waals surface area contributed by atoms with Crippen molar-refractivity contribution >= 4 is 5.97 Å². The largest absolute Gasteiger partial charge is 0.463 e. The molecule has 0 aromatic rings. The molecule has 3 heteroatoms. The zero-order chi connectivity index (χ0) is 12.8. The summed E-state index contributed by atoms with van der Waals surface area (Å²) in [4.78, 5) is 10.8. The van der Waals surface area contributed by atoms with Crippen molar-refractivity contribution in [1.82, 2.24) is 0 Å². The van der Waals surface area contributed by atoms with Crippen molar-refractivity contribution in [3.05, 3.63) is 12.7 Å². The van der Waals surface area contributed by atoms with Crippen LogP contribution in [0.15, 0.2) is 12.7 Å². The van der Waals surface area contributed by atoms with E-state index in [0.717, 1.165) is 18.8 Å². The molecule has 3 unspecified atom stereocenters. The highest BCUT2D eigenvalue weighted by atomic mass is 16.6.